The van der Waals surface area contributed by atoms with Gasteiger partial charge < -0.3 is 5.11 Å². The van der Waals surface area contributed by atoms with Crippen LogP contribution in [0.15, 0.2) is 41.3 Å². The van der Waals surface area contributed by atoms with Gasteiger partial charge in [-0.1, -0.05) is 35.4 Å². The van der Waals surface area contributed by atoms with Gasteiger partial charge in [-0.3, -0.25) is 0 Å². The standard InChI is InChI=1S/C18H22OS/c1-12-5-7-16(8-6-12)20-11-17(19)18-14(3)9-13(2)10-15(18)4/h5-10,17,19H,11H2,1-4H3. The van der Waals surface area contributed by atoms with E-state index in [2.05, 4.69) is 64.1 Å². The molecule has 1 atom stereocenters. The van der Waals surface area contributed by atoms with Crippen molar-refractivity contribution in [1.82, 2.24) is 0 Å². The summed E-state index contributed by atoms with van der Waals surface area (Å²) in [5, 5.41) is 10.5. The molecule has 2 aromatic rings. The Hall–Kier alpha value is -1.25. The fourth-order valence-electron chi connectivity index (χ4n) is 2.61. The molecule has 0 fully saturated rings. The van der Waals surface area contributed by atoms with E-state index in [-0.39, 0.29) is 0 Å². The van der Waals surface area contributed by atoms with E-state index in [1.807, 2.05) is 0 Å². The molecule has 0 aliphatic carbocycles. The fraction of sp³-hybridized carbons (Fsp3) is 0.333. The lowest BCUT2D eigenvalue weighted by molar-refractivity contribution is 0.202. The molecule has 0 bridgehead atoms. The molecule has 0 aromatic heterocycles. The summed E-state index contributed by atoms with van der Waals surface area (Å²) in [6.45, 7) is 8.34. The molecule has 0 saturated carbocycles. The van der Waals surface area contributed by atoms with Gasteiger partial charge in [0.1, 0.15) is 0 Å². The smallest absolute Gasteiger partial charge is 0.0889 e. The van der Waals surface area contributed by atoms with E-state index in [0.29, 0.717) is 5.75 Å². The van der Waals surface area contributed by atoms with Crippen LogP contribution in [0.5, 0.6) is 0 Å². The van der Waals surface area contributed by atoms with Crippen molar-refractivity contribution in [2.24, 2.45) is 0 Å². The number of hydrogen-bond donors (Lipinski definition) is 1. The lowest BCUT2D eigenvalue weighted by Crippen LogP contribution is -2.06. The molecule has 0 spiro atoms. The average molecular weight is 286 g/mol. The normalized spacial score (nSPS) is 12.4. The molecule has 1 N–H and O–H groups in total. The number of rotatable bonds is 4. The number of hydrogen-bond acceptors (Lipinski definition) is 2. The van der Waals surface area contributed by atoms with Gasteiger partial charge in [0.05, 0.1) is 6.10 Å². The molecule has 2 heteroatoms. The van der Waals surface area contributed by atoms with Crippen LogP contribution in [-0.2, 0) is 0 Å². The fourth-order valence-corrected chi connectivity index (χ4v) is 3.46. The zero-order valence-corrected chi connectivity index (χ0v) is 13.4. The molecular weight excluding hydrogens is 264 g/mol. The third-order valence-corrected chi connectivity index (χ3v) is 4.59. The minimum absolute atomic E-state index is 0.415. The SMILES string of the molecule is Cc1ccc(SCC(O)c2c(C)cc(C)cc2C)cc1. The Bertz CT molecular complexity index is 564. The van der Waals surface area contributed by atoms with Crippen LogP contribution in [0.2, 0.25) is 0 Å². The van der Waals surface area contributed by atoms with Crippen LogP contribution in [0.1, 0.15) is 33.9 Å². The van der Waals surface area contributed by atoms with E-state index >= 15 is 0 Å². The van der Waals surface area contributed by atoms with Crippen molar-refractivity contribution < 1.29 is 5.11 Å². The molecule has 0 aliphatic heterocycles. The summed E-state index contributed by atoms with van der Waals surface area (Å²) in [6, 6.07) is 12.7. The Morgan fingerprint density at radius 2 is 1.45 bits per heavy atom. The highest BCUT2D eigenvalue weighted by molar-refractivity contribution is 7.99. The Morgan fingerprint density at radius 1 is 0.900 bits per heavy atom. The number of aryl methyl sites for hydroxylation is 4. The molecule has 2 aromatic carbocycles. The molecule has 106 valence electrons. The van der Waals surface area contributed by atoms with E-state index in [9.17, 15) is 5.11 Å². The van der Waals surface area contributed by atoms with Crippen molar-refractivity contribution in [3.05, 3.63) is 64.2 Å². The summed E-state index contributed by atoms with van der Waals surface area (Å²) in [5.74, 6) is 0.688. The molecule has 0 amide bonds. The molecule has 1 unspecified atom stereocenters. The second-order valence-corrected chi connectivity index (χ2v) is 6.55. The minimum atomic E-state index is -0.415. The summed E-state index contributed by atoms with van der Waals surface area (Å²) in [4.78, 5) is 1.21. The Balaban J connectivity index is 2.09. The molecule has 0 saturated heterocycles. The molecule has 0 radical (unpaired) electrons. The second-order valence-electron chi connectivity index (χ2n) is 5.45. The summed E-state index contributed by atoms with van der Waals surface area (Å²) in [7, 11) is 0. The maximum atomic E-state index is 10.5. The van der Waals surface area contributed by atoms with Crippen molar-refractivity contribution >= 4 is 11.8 Å². The van der Waals surface area contributed by atoms with Crippen LogP contribution in [-0.4, -0.2) is 10.9 Å². The first kappa shape index (κ1) is 15.1. The Morgan fingerprint density at radius 3 is 2.00 bits per heavy atom. The van der Waals surface area contributed by atoms with Gasteiger partial charge in [0.25, 0.3) is 0 Å². The maximum absolute atomic E-state index is 10.5. The van der Waals surface area contributed by atoms with Crippen molar-refractivity contribution in [2.45, 2.75) is 38.7 Å². The lowest BCUT2D eigenvalue weighted by atomic mass is 9.96. The number of aliphatic hydroxyl groups is 1. The number of benzene rings is 2. The summed E-state index contributed by atoms with van der Waals surface area (Å²) < 4.78 is 0. The van der Waals surface area contributed by atoms with Gasteiger partial charge in [0.2, 0.25) is 0 Å². The first-order valence-electron chi connectivity index (χ1n) is 6.92. The molecule has 0 aliphatic rings. The first-order chi connectivity index (χ1) is 9.47. The summed E-state index contributed by atoms with van der Waals surface area (Å²) >= 11 is 1.70. The highest BCUT2D eigenvalue weighted by Gasteiger charge is 2.14. The van der Waals surface area contributed by atoms with Crippen molar-refractivity contribution in [2.75, 3.05) is 5.75 Å². The van der Waals surface area contributed by atoms with Crippen LogP contribution in [0.4, 0.5) is 0 Å². The minimum Gasteiger partial charge on any atom is -0.388 e. The summed E-state index contributed by atoms with van der Waals surface area (Å²) in [6.07, 6.45) is -0.415. The van der Waals surface area contributed by atoms with Crippen molar-refractivity contribution in [3.63, 3.8) is 0 Å². The lowest BCUT2D eigenvalue weighted by Gasteiger charge is -2.17. The molecular formula is C18H22OS. The van der Waals surface area contributed by atoms with E-state index in [1.54, 1.807) is 11.8 Å². The second kappa shape index (κ2) is 6.47. The Labute approximate surface area is 126 Å². The van der Waals surface area contributed by atoms with Crippen LogP contribution in [0.25, 0.3) is 0 Å². The molecule has 1 nitrogen and oxygen atoms in total. The van der Waals surface area contributed by atoms with Crippen LogP contribution in [0, 0.1) is 27.7 Å². The molecule has 20 heavy (non-hydrogen) atoms. The van der Waals surface area contributed by atoms with Gasteiger partial charge in [-0.05, 0) is 56.5 Å². The van der Waals surface area contributed by atoms with Gasteiger partial charge in [-0.25, -0.2) is 0 Å². The average Bonchev–Trinajstić information content (AvgIpc) is 2.37. The van der Waals surface area contributed by atoms with E-state index < -0.39 is 6.10 Å². The maximum Gasteiger partial charge on any atom is 0.0889 e. The van der Waals surface area contributed by atoms with Crippen molar-refractivity contribution in [1.29, 1.82) is 0 Å². The predicted octanol–water partition coefficient (Wildman–Crippen LogP) is 4.75. The molecule has 0 heterocycles. The zero-order valence-electron chi connectivity index (χ0n) is 12.6. The van der Waals surface area contributed by atoms with Gasteiger partial charge in [0, 0.05) is 10.6 Å². The third kappa shape index (κ3) is 3.65. The quantitative estimate of drug-likeness (QED) is 0.819. The Kier molecular flexibility index (Phi) is 4.90. The van der Waals surface area contributed by atoms with Gasteiger partial charge in [-0.15, -0.1) is 11.8 Å². The zero-order chi connectivity index (χ0) is 14.7. The molecule has 2 rings (SSSR count). The summed E-state index contributed by atoms with van der Waals surface area (Å²) in [5.41, 5.74) is 5.96. The van der Waals surface area contributed by atoms with Gasteiger partial charge in [0.15, 0.2) is 0 Å². The van der Waals surface area contributed by atoms with E-state index in [1.165, 1.54) is 27.1 Å². The van der Waals surface area contributed by atoms with Crippen LogP contribution < -0.4 is 0 Å². The predicted molar refractivity (Wildman–Crippen MR) is 87.5 cm³/mol. The number of aliphatic hydroxyl groups excluding tert-OH is 1. The topological polar surface area (TPSA) is 20.2 Å². The first-order valence-corrected chi connectivity index (χ1v) is 7.91. The van der Waals surface area contributed by atoms with Crippen LogP contribution in [0.3, 0.4) is 0 Å². The van der Waals surface area contributed by atoms with E-state index in [4.69, 9.17) is 0 Å². The van der Waals surface area contributed by atoms with E-state index in [0.717, 1.165) is 5.56 Å². The number of thioether (sulfide) groups is 1. The highest BCUT2D eigenvalue weighted by Crippen LogP contribution is 2.29. The largest absolute Gasteiger partial charge is 0.388 e. The van der Waals surface area contributed by atoms with Crippen LogP contribution >= 0.6 is 11.8 Å². The highest BCUT2D eigenvalue weighted by atomic mass is 32.2. The monoisotopic (exact) mass is 286 g/mol. The third-order valence-electron chi connectivity index (χ3n) is 3.50. The van der Waals surface area contributed by atoms with Gasteiger partial charge in [-0.2, -0.15) is 0 Å². The van der Waals surface area contributed by atoms with Crippen molar-refractivity contribution in [3.8, 4) is 0 Å². The van der Waals surface area contributed by atoms with Gasteiger partial charge >= 0.3 is 0 Å².